The van der Waals surface area contributed by atoms with Crippen molar-refractivity contribution in [2.75, 3.05) is 6.61 Å². The lowest BCUT2D eigenvalue weighted by atomic mass is 9.72. The molecule has 3 fully saturated rings. The van der Waals surface area contributed by atoms with Crippen LogP contribution in [-0.2, 0) is 28.7 Å². The highest BCUT2D eigenvalue weighted by molar-refractivity contribution is 5.94. The van der Waals surface area contributed by atoms with Crippen LogP contribution in [0.3, 0.4) is 0 Å². The molecule has 0 spiro atoms. The predicted octanol–water partition coefficient (Wildman–Crippen LogP) is -0.546. The summed E-state index contributed by atoms with van der Waals surface area (Å²) in [5.41, 5.74) is -1.00. The predicted molar refractivity (Wildman–Crippen MR) is 50.3 cm³/mol. The average Bonchev–Trinajstić information content (AvgIpc) is 2.77. The highest BCUT2D eigenvalue weighted by atomic mass is 16.6. The van der Waals surface area contributed by atoms with Crippen LogP contribution in [0.15, 0.2) is 0 Å². The van der Waals surface area contributed by atoms with E-state index in [1.165, 1.54) is 0 Å². The summed E-state index contributed by atoms with van der Waals surface area (Å²) in [6.07, 6.45) is 0.926. The molecule has 4 atom stereocenters. The van der Waals surface area contributed by atoms with Gasteiger partial charge in [0, 0.05) is 0 Å². The second kappa shape index (κ2) is 3.15. The zero-order chi connectivity index (χ0) is 12.2. The van der Waals surface area contributed by atoms with Crippen molar-refractivity contribution in [3.63, 3.8) is 0 Å². The second-order valence-electron chi connectivity index (χ2n) is 4.84. The molecular weight excluding hydrogens is 228 g/mol. The number of fused-ring (bicyclic) bond motifs is 3. The normalized spacial score (nSPS) is 43.8. The molecule has 2 saturated heterocycles. The number of ether oxygens (including phenoxy) is 2. The number of cyclic esters (lactones) is 3. The molecular formula is C11H10O6. The number of hydrogen-bond acceptors (Lipinski definition) is 6. The molecule has 6 nitrogen and oxygen atoms in total. The van der Waals surface area contributed by atoms with E-state index < -0.39 is 41.1 Å². The van der Waals surface area contributed by atoms with E-state index in [1.807, 2.05) is 0 Å². The van der Waals surface area contributed by atoms with Gasteiger partial charge in [-0.1, -0.05) is 0 Å². The molecule has 0 aromatic heterocycles. The van der Waals surface area contributed by atoms with Crippen LogP contribution < -0.4 is 0 Å². The fourth-order valence-electron chi connectivity index (χ4n) is 3.30. The maximum Gasteiger partial charge on any atom is 0.316 e. The Balaban J connectivity index is 2.04. The van der Waals surface area contributed by atoms with Gasteiger partial charge in [0.15, 0.2) is 0 Å². The number of aldehydes is 1. The fourth-order valence-corrected chi connectivity index (χ4v) is 3.30. The van der Waals surface area contributed by atoms with E-state index >= 15 is 0 Å². The molecule has 1 saturated carbocycles. The van der Waals surface area contributed by atoms with E-state index in [0.29, 0.717) is 6.29 Å². The summed E-state index contributed by atoms with van der Waals surface area (Å²) >= 11 is 0. The quantitative estimate of drug-likeness (QED) is 0.346. The van der Waals surface area contributed by atoms with Crippen molar-refractivity contribution in [2.45, 2.75) is 12.8 Å². The van der Waals surface area contributed by atoms with Crippen molar-refractivity contribution in [1.29, 1.82) is 0 Å². The van der Waals surface area contributed by atoms with Crippen LogP contribution in [-0.4, -0.2) is 30.8 Å². The highest BCUT2D eigenvalue weighted by Gasteiger charge is 2.66. The standard InChI is InChI=1S/C11H10O6/c12-3-11-4-16-10(15)7(11)1-5-6(11)2-8(13)17-9(5)14/h3,5-7H,1-2,4H2. The summed E-state index contributed by atoms with van der Waals surface area (Å²) in [6.45, 7) is -0.0261. The van der Waals surface area contributed by atoms with E-state index in [-0.39, 0.29) is 19.4 Å². The van der Waals surface area contributed by atoms with Crippen LogP contribution in [0.5, 0.6) is 0 Å². The maximum absolute atomic E-state index is 11.6. The minimum absolute atomic E-state index is 0.00227. The van der Waals surface area contributed by atoms with Gasteiger partial charge in [0.25, 0.3) is 0 Å². The SMILES string of the molecule is O=CC12COC(=O)C1CC1C(=O)OC(=O)CC12. The Labute approximate surface area is 96.2 Å². The molecule has 90 valence electrons. The Kier molecular flexibility index (Phi) is 1.93. The molecule has 0 bridgehead atoms. The van der Waals surface area contributed by atoms with Crippen molar-refractivity contribution in [3.05, 3.63) is 0 Å². The van der Waals surface area contributed by atoms with Gasteiger partial charge in [-0.2, -0.15) is 0 Å². The first kappa shape index (κ1) is 10.4. The monoisotopic (exact) mass is 238 g/mol. The van der Waals surface area contributed by atoms with Crippen LogP contribution in [0, 0.1) is 23.2 Å². The van der Waals surface area contributed by atoms with Gasteiger partial charge in [-0.3, -0.25) is 14.4 Å². The average molecular weight is 238 g/mol. The Morgan fingerprint density at radius 2 is 2.00 bits per heavy atom. The number of carbonyl (C=O) groups is 4. The summed E-state index contributed by atoms with van der Waals surface area (Å²) in [5, 5.41) is 0. The molecule has 0 N–H and O–H groups in total. The number of rotatable bonds is 1. The molecule has 2 aliphatic heterocycles. The summed E-state index contributed by atoms with van der Waals surface area (Å²) in [4.78, 5) is 45.7. The van der Waals surface area contributed by atoms with Crippen molar-refractivity contribution in [1.82, 2.24) is 0 Å². The van der Waals surface area contributed by atoms with Crippen LogP contribution >= 0.6 is 0 Å². The second-order valence-corrected chi connectivity index (χ2v) is 4.84. The third-order valence-electron chi connectivity index (χ3n) is 4.19. The summed E-state index contributed by atoms with van der Waals surface area (Å²) in [7, 11) is 0. The minimum Gasteiger partial charge on any atom is -0.464 e. The van der Waals surface area contributed by atoms with Gasteiger partial charge in [-0.25, -0.2) is 0 Å². The Morgan fingerprint density at radius 3 is 2.71 bits per heavy atom. The number of hydrogen-bond donors (Lipinski definition) is 0. The Hall–Kier alpha value is -1.72. The zero-order valence-electron chi connectivity index (χ0n) is 8.88. The van der Waals surface area contributed by atoms with Gasteiger partial charge in [-0.15, -0.1) is 0 Å². The fraction of sp³-hybridized carbons (Fsp3) is 0.636. The van der Waals surface area contributed by atoms with Gasteiger partial charge in [0.2, 0.25) is 0 Å². The molecule has 0 aromatic rings. The van der Waals surface area contributed by atoms with Crippen LogP contribution in [0.4, 0.5) is 0 Å². The lowest BCUT2D eigenvalue weighted by Crippen LogP contribution is -2.42. The molecule has 4 unspecified atom stereocenters. The van der Waals surface area contributed by atoms with Crippen molar-refractivity contribution in [2.24, 2.45) is 23.2 Å². The molecule has 0 radical (unpaired) electrons. The number of carbonyl (C=O) groups excluding carboxylic acids is 4. The number of esters is 3. The Morgan fingerprint density at radius 1 is 1.24 bits per heavy atom. The first-order valence-corrected chi connectivity index (χ1v) is 5.46. The lowest BCUT2D eigenvalue weighted by Gasteiger charge is -2.30. The van der Waals surface area contributed by atoms with Crippen molar-refractivity contribution >= 4 is 24.2 Å². The maximum atomic E-state index is 11.6. The first-order chi connectivity index (χ1) is 8.08. The third kappa shape index (κ3) is 1.15. The molecule has 3 aliphatic rings. The summed E-state index contributed by atoms with van der Waals surface area (Å²) in [5.74, 6) is -3.28. The van der Waals surface area contributed by atoms with Crippen molar-refractivity contribution < 1.29 is 28.7 Å². The highest BCUT2D eigenvalue weighted by Crippen LogP contribution is 2.56. The zero-order valence-corrected chi connectivity index (χ0v) is 8.88. The molecule has 6 heteroatoms. The minimum atomic E-state index is -1.00. The van der Waals surface area contributed by atoms with Gasteiger partial charge in [-0.05, 0) is 12.3 Å². The van der Waals surface area contributed by atoms with Gasteiger partial charge in [0.1, 0.15) is 12.9 Å². The van der Waals surface area contributed by atoms with E-state index in [0.717, 1.165) is 0 Å². The lowest BCUT2D eigenvalue weighted by molar-refractivity contribution is -0.171. The first-order valence-electron chi connectivity index (χ1n) is 5.46. The molecule has 17 heavy (non-hydrogen) atoms. The molecule has 1 aliphatic carbocycles. The van der Waals surface area contributed by atoms with E-state index in [2.05, 4.69) is 4.74 Å². The van der Waals surface area contributed by atoms with Gasteiger partial charge >= 0.3 is 17.9 Å². The van der Waals surface area contributed by atoms with Crippen LogP contribution in [0.25, 0.3) is 0 Å². The summed E-state index contributed by atoms with van der Waals surface area (Å²) in [6, 6.07) is 0. The van der Waals surface area contributed by atoms with Gasteiger partial charge < -0.3 is 14.3 Å². The molecule has 2 heterocycles. The topological polar surface area (TPSA) is 86.7 Å². The van der Waals surface area contributed by atoms with E-state index in [4.69, 9.17) is 4.74 Å². The van der Waals surface area contributed by atoms with E-state index in [1.54, 1.807) is 0 Å². The van der Waals surface area contributed by atoms with Crippen LogP contribution in [0.2, 0.25) is 0 Å². The van der Waals surface area contributed by atoms with E-state index in [9.17, 15) is 19.2 Å². The molecule has 0 aromatic carbocycles. The largest absolute Gasteiger partial charge is 0.464 e. The van der Waals surface area contributed by atoms with Crippen molar-refractivity contribution in [3.8, 4) is 0 Å². The molecule has 0 amide bonds. The smallest absolute Gasteiger partial charge is 0.316 e. The third-order valence-corrected chi connectivity index (χ3v) is 4.19. The summed E-state index contributed by atoms with van der Waals surface area (Å²) < 4.78 is 9.44. The Bertz CT molecular complexity index is 441. The van der Waals surface area contributed by atoms with Crippen LogP contribution in [0.1, 0.15) is 12.8 Å². The van der Waals surface area contributed by atoms with Gasteiger partial charge in [0.05, 0.1) is 23.7 Å². The molecule has 3 rings (SSSR count).